The molecule has 1 aromatic heterocycles. The number of allylic oxidation sites excluding steroid dienone is 1. The summed E-state index contributed by atoms with van der Waals surface area (Å²) in [5, 5.41) is 15.5. The Labute approximate surface area is 184 Å². The molecule has 1 saturated carbocycles. The monoisotopic (exact) mass is 448 g/mol. The van der Waals surface area contributed by atoms with Gasteiger partial charge in [0.1, 0.15) is 0 Å². The number of nitrogens with zero attached hydrogens (tertiary/aromatic N) is 2. The average molecular weight is 448 g/mol. The van der Waals surface area contributed by atoms with Gasteiger partial charge in [-0.1, -0.05) is 12.2 Å². The molecular formula is C23H27F3N4O2. The van der Waals surface area contributed by atoms with E-state index < -0.39 is 18.3 Å². The molecule has 0 radical (unpaired) electrons. The van der Waals surface area contributed by atoms with Crippen molar-refractivity contribution in [1.82, 2.24) is 20.2 Å². The van der Waals surface area contributed by atoms with E-state index in [-0.39, 0.29) is 18.0 Å². The second-order valence-corrected chi connectivity index (χ2v) is 8.81. The first-order valence-electron chi connectivity index (χ1n) is 10.8. The molecule has 0 spiro atoms. The molecule has 6 nitrogen and oxygen atoms in total. The fourth-order valence-corrected chi connectivity index (χ4v) is 4.27. The summed E-state index contributed by atoms with van der Waals surface area (Å²) in [5.41, 5.74) is 0.759. The van der Waals surface area contributed by atoms with E-state index in [0.29, 0.717) is 37.7 Å². The molecule has 1 heterocycles. The fraction of sp³-hybridized carbons (Fsp3) is 0.478. The number of halogens is 3. The highest BCUT2D eigenvalue weighted by Gasteiger charge is 2.49. The Bertz CT molecular complexity index is 991. The first-order chi connectivity index (χ1) is 15.1. The molecule has 1 aromatic carbocycles. The van der Waals surface area contributed by atoms with Gasteiger partial charge < -0.3 is 20.3 Å². The van der Waals surface area contributed by atoms with Crippen molar-refractivity contribution >= 4 is 12.0 Å². The molecule has 172 valence electrons. The maximum absolute atomic E-state index is 13.1. The number of nitrogens with one attached hydrogen (secondary N) is 2. The second-order valence-electron chi connectivity index (χ2n) is 8.81. The van der Waals surface area contributed by atoms with E-state index in [9.17, 15) is 23.1 Å². The van der Waals surface area contributed by atoms with Crippen LogP contribution in [0.5, 0.6) is 0 Å². The number of aromatic nitrogens is 2. The highest BCUT2D eigenvalue weighted by Crippen LogP contribution is 2.30. The van der Waals surface area contributed by atoms with Crippen LogP contribution in [0.3, 0.4) is 0 Å². The number of aliphatic hydroxyl groups is 1. The minimum atomic E-state index is -4.68. The fourth-order valence-electron chi connectivity index (χ4n) is 4.27. The van der Waals surface area contributed by atoms with Crippen LogP contribution in [-0.2, 0) is 6.42 Å². The van der Waals surface area contributed by atoms with Crippen molar-refractivity contribution in [2.75, 3.05) is 6.54 Å². The number of imidazole rings is 1. The minimum absolute atomic E-state index is 0.0365. The van der Waals surface area contributed by atoms with Crippen molar-refractivity contribution in [2.24, 2.45) is 0 Å². The molecule has 1 atom stereocenters. The molecule has 0 aliphatic heterocycles. The highest BCUT2D eigenvalue weighted by molar-refractivity contribution is 5.98. The Morgan fingerprint density at radius 1 is 1.22 bits per heavy atom. The van der Waals surface area contributed by atoms with E-state index in [2.05, 4.69) is 15.6 Å². The molecule has 1 amide bonds. The van der Waals surface area contributed by atoms with E-state index in [1.165, 1.54) is 0 Å². The standard InChI is InChI=1S/C23H27F3N4O2/c1-22(32,23(24,25)26)13-28-16-5-7-17(8-6-16)29-21(31)20-12-18(30-10-9-27-14-30)11-15-3-2-4-19(15)20/h2-3,9-12,14,16-17,28,32H,4-8,13H2,1H3,(H,29,31). The van der Waals surface area contributed by atoms with Gasteiger partial charge in [0, 0.05) is 42.3 Å². The SMILES string of the molecule is CC(O)(CNC1CCC(NC(=O)c2cc(-n3ccnc3)cc3c2CC=C3)CC1)C(F)(F)F. The first kappa shape index (κ1) is 22.5. The molecule has 9 heteroatoms. The predicted octanol–water partition coefficient (Wildman–Crippen LogP) is 3.39. The largest absolute Gasteiger partial charge is 0.418 e. The minimum Gasteiger partial charge on any atom is -0.380 e. The Balaban J connectivity index is 1.36. The molecule has 2 aromatic rings. The van der Waals surface area contributed by atoms with Crippen molar-refractivity contribution in [1.29, 1.82) is 0 Å². The maximum atomic E-state index is 13.1. The molecule has 1 unspecified atom stereocenters. The van der Waals surface area contributed by atoms with Crippen LogP contribution in [0, 0.1) is 0 Å². The van der Waals surface area contributed by atoms with Crippen LogP contribution in [0.4, 0.5) is 13.2 Å². The van der Waals surface area contributed by atoms with Crippen molar-refractivity contribution in [3.8, 4) is 5.69 Å². The lowest BCUT2D eigenvalue weighted by molar-refractivity contribution is -0.250. The number of fused-ring (bicyclic) bond motifs is 1. The van der Waals surface area contributed by atoms with Gasteiger partial charge in [0.15, 0.2) is 5.60 Å². The number of carbonyl (C=O) groups is 1. The lowest BCUT2D eigenvalue weighted by Gasteiger charge is -2.33. The van der Waals surface area contributed by atoms with Crippen LogP contribution in [0.15, 0.2) is 36.9 Å². The third kappa shape index (κ3) is 4.73. The Hall–Kier alpha value is -2.65. The molecular weight excluding hydrogens is 421 g/mol. The summed E-state index contributed by atoms with van der Waals surface area (Å²) in [6, 6.07) is 3.75. The van der Waals surface area contributed by atoms with Crippen LogP contribution in [0.2, 0.25) is 0 Å². The molecule has 2 aliphatic carbocycles. The summed E-state index contributed by atoms with van der Waals surface area (Å²) in [4.78, 5) is 17.2. The Kier molecular flexibility index (Phi) is 6.13. The van der Waals surface area contributed by atoms with E-state index in [1.54, 1.807) is 12.5 Å². The van der Waals surface area contributed by atoms with Crippen molar-refractivity contribution in [3.63, 3.8) is 0 Å². The molecule has 32 heavy (non-hydrogen) atoms. The van der Waals surface area contributed by atoms with Gasteiger partial charge >= 0.3 is 6.18 Å². The van der Waals surface area contributed by atoms with Crippen molar-refractivity contribution in [2.45, 2.75) is 62.9 Å². The third-order valence-corrected chi connectivity index (χ3v) is 6.34. The van der Waals surface area contributed by atoms with Gasteiger partial charge in [0.05, 0.1) is 6.33 Å². The van der Waals surface area contributed by atoms with Crippen LogP contribution in [-0.4, -0.2) is 51.0 Å². The van der Waals surface area contributed by atoms with Crippen LogP contribution >= 0.6 is 0 Å². The first-order valence-corrected chi connectivity index (χ1v) is 10.8. The molecule has 1 fully saturated rings. The van der Waals surface area contributed by atoms with Gasteiger partial charge in [-0.3, -0.25) is 4.79 Å². The average Bonchev–Trinajstić information content (AvgIpc) is 3.43. The highest BCUT2D eigenvalue weighted by atomic mass is 19.4. The van der Waals surface area contributed by atoms with Gasteiger partial charge in [-0.2, -0.15) is 13.2 Å². The summed E-state index contributed by atoms with van der Waals surface area (Å²) in [6.07, 6.45) is 7.87. The van der Waals surface area contributed by atoms with Gasteiger partial charge in [0.25, 0.3) is 5.91 Å². The number of hydrogen-bond acceptors (Lipinski definition) is 4. The topological polar surface area (TPSA) is 79.2 Å². The second kappa shape index (κ2) is 8.71. The van der Waals surface area contributed by atoms with Gasteiger partial charge in [-0.05, 0) is 62.3 Å². The molecule has 0 bridgehead atoms. The summed E-state index contributed by atoms with van der Waals surface area (Å²) in [6.45, 7) is 0.232. The van der Waals surface area contributed by atoms with E-state index in [0.717, 1.165) is 23.7 Å². The van der Waals surface area contributed by atoms with E-state index in [1.807, 2.05) is 35.0 Å². The zero-order chi connectivity index (χ0) is 22.9. The molecule has 2 aliphatic rings. The summed E-state index contributed by atoms with van der Waals surface area (Å²) in [5.74, 6) is -0.136. The number of amides is 1. The number of carbonyl (C=O) groups excluding carboxylic acids is 1. The number of alkyl halides is 3. The lowest BCUT2D eigenvalue weighted by atomic mass is 9.90. The zero-order valence-corrected chi connectivity index (χ0v) is 17.8. The van der Waals surface area contributed by atoms with Crippen molar-refractivity contribution < 1.29 is 23.1 Å². The maximum Gasteiger partial charge on any atom is 0.418 e. The summed E-state index contributed by atoms with van der Waals surface area (Å²) in [7, 11) is 0. The zero-order valence-electron chi connectivity index (χ0n) is 17.8. The Morgan fingerprint density at radius 3 is 2.59 bits per heavy atom. The molecule has 3 N–H and O–H groups in total. The van der Waals surface area contributed by atoms with E-state index >= 15 is 0 Å². The van der Waals surface area contributed by atoms with Crippen LogP contribution in [0.25, 0.3) is 11.8 Å². The quantitative estimate of drug-likeness (QED) is 0.633. The predicted molar refractivity (Wildman–Crippen MR) is 114 cm³/mol. The van der Waals surface area contributed by atoms with Crippen LogP contribution in [0.1, 0.15) is 54.1 Å². The van der Waals surface area contributed by atoms with Crippen LogP contribution < -0.4 is 10.6 Å². The third-order valence-electron chi connectivity index (χ3n) is 6.34. The smallest absolute Gasteiger partial charge is 0.380 e. The normalized spacial score (nSPS) is 22.4. The molecule has 0 saturated heterocycles. The number of benzene rings is 1. The van der Waals surface area contributed by atoms with E-state index in [4.69, 9.17) is 0 Å². The molecule has 4 rings (SSSR count). The van der Waals surface area contributed by atoms with Gasteiger partial charge in [-0.15, -0.1) is 0 Å². The number of rotatable bonds is 6. The van der Waals surface area contributed by atoms with Gasteiger partial charge in [-0.25, -0.2) is 4.98 Å². The summed E-state index contributed by atoms with van der Waals surface area (Å²) >= 11 is 0. The van der Waals surface area contributed by atoms with Crippen molar-refractivity contribution in [3.05, 3.63) is 53.6 Å². The Morgan fingerprint density at radius 2 is 1.94 bits per heavy atom. The number of hydrogen-bond donors (Lipinski definition) is 3. The lowest BCUT2D eigenvalue weighted by Crippen LogP contribution is -2.53. The summed E-state index contributed by atoms with van der Waals surface area (Å²) < 4.78 is 40.3. The van der Waals surface area contributed by atoms with Gasteiger partial charge in [0.2, 0.25) is 0 Å².